The van der Waals surface area contributed by atoms with E-state index in [0.717, 1.165) is 37.1 Å². The summed E-state index contributed by atoms with van der Waals surface area (Å²) in [5, 5.41) is 0. The van der Waals surface area contributed by atoms with Crippen LogP contribution in [0.2, 0.25) is 0 Å². The second kappa shape index (κ2) is 8.31. The van der Waals surface area contributed by atoms with E-state index in [1.807, 2.05) is 60.5 Å². The van der Waals surface area contributed by atoms with Gasteiger partial charge in [-0.1, -0.05) is 36.4 Å². The highest BCUT2D eigenvalue weighted by Crippen LogP contribution is 2.36. The Morgan fingerprint density at radius 2 is 1.69 bits per heavy atom. The van der Waals surface area contributed by atoms with Crippen LogP contribution in [0.5, 0.6) is 11.5 Å². The number of benzene rings is 2. The Kier molecular flexibility index (Phi) is 5.35. The molecule has 2 amide bonds. The molecule has 7 nitrogen and oxygen atoms in total. The predicted octanol–water partition coefficient (Wildman–Crippen LogP) is 2.72. The summed E-state index contributed by atoms with van der Waals surface area (Å²) in [6, 6.07) is 15.2. The summed E-state index contributed by atoms with van der Waals surface area (Å²) in [6.45, 7) is 2.33. The fourth-order valence-corrected chi connectivity index (χ4v) is 4.69. The van der Waals surface area contributed by atoms with Gasteiger partial charge in [-0.3, -0.25) is 14.5 Å². The zero-order valence-corrected chi connectivity index (χ0v) is 18.4. The number of amides is 2. The monoisotopic (exact) mass is 433 g/mol. The molecule has 0 spiro atoms. The molecule has 0 aromatic heterocycles. The molecule has 1 fully saturated rings. The highest BCUT2D eigenvalue weighted by atomic mass is 16.7. The molecule has 0 saturated carbocycles. The van der Waals surface area contributed by atoms with E-state index >= 15 is 0 Å². The van der Waals surface area contributed by atoms with E-state index < -0.39 is 0 Å². The van der Waals surface area contributed by atoms with Gasteiger partial charge in [-0.2, -0.15) is 0 Å². The summed E-state index contributed by atoms with van der Waals surface area (Å²) in [5.41, 5.74) is 2.58. The van der Waals surface area contributed by atoms with Crippen molar-refractivity contribution in [3.8, 4) is 11.5 Å². The van der Waals surface area contributed by atoms with E-state index in [9.17, 15) is 9.59 Å². The zero-order valence-electron chi connectivity index (χ0n) is 18.4. The summed E-state index contributed by atoms with van der Waals surface area (Å²) < 4.78 is 10.8. The normalized spacial score (nSPS) is 19.2. The molecule has 3 aliphatic heterocycles. The van der Waals surface area contributed by atoms with Gasteiger partial charge in [-0.15, -0.1) is 0 Å². The number of likely N-dealkylation sites (N-methyl/N-ethyl adjacent to an activating group) is 1. The minimum Gasteiger partial charge on any atom is -0.454 e. The number of rotatable bonds is 5. The first-order valence-electron chi connectivity index (χ1n) is 11.0. The molecular weight excluding hydrogens is 406 g/mol. The number of likely N-dealkylation sites (tertiary alicyclic amines) is 1. The van der Waals surface area contributed by atoms with E-state index in [-0.39, 0.29) is 31.2 Å². The number of imide groups is 1. The number of carbonyl (C=O) groups excluding carboxylic acids is 2. The van der Waals surface area contributed by atoms with Crippen LogP contribution in [0, 0.1) is 0 Å². The maximum atomic E-state index is 13.6. The minimum absolute atomic E-state index is 0.186. The van der Waals surface area contributed by atoms with Gasteiger partial charge < -0.3 is 19.3 Å². The minimum atomic E-state index is -0.256. The zero-order chi connectivity index (χ0) is 22.2. The van der Waals surface area contributed by atoms with Gasteiger partial charge in [0.1, 0.15) is 5.70 Å². The Labute approximate surface area is 187 Å². The lowest BCUT2D eigenvalue weighted by Gasteiger charge is -2.36. The highest BCUT2D eigenvalue weighted by Gasteiger charge is 2.42. The number of fused-ring (bicyclic) bond motifs is 1. The van der Waals surface area contributed by atoms with Crippen molar-refractivity contribution in [1.82, 2.24) is 14.7 Å². The van der Waals surface area contributed by atoms with E-state index in [1.54, 1.807) is 0 Å². The first kappa shape index (κ1) is 20.6. The number of hydrogen-bond acceptors (Lipinski definition) is 6. The molecule has 0 bridgehead atoms. The van der Waals surface area contributed by atoms with E-state index in [1.165, 1.54) is 4.90 Å². The molecule has 2 aromatic carbocycles. The molecule has 1 saturated heterocycles. The Morgan fingerprint density at radius 1 is 0.969 bits per heavy atom. The molecule has 3 aliphatic rings. The van der Waals surface area contributed by atoms with Crippen molar-refractivity contribution in [3.63, 3.8) is 0 Å². The van der Waals surface area contributed by atoms with Crippen molar-refractivity contribution in [2.24, 2.45) is 0 Å². The summed E-state index contributed by atoms with van der Waals surface area (Å²) >= 11 is 0. The molecule has 7 heteroatoms. The molecule has 0 aliphatic carbocycles. The van der Waals surface area contributed by atoms with Gasteiger partial charge in [-0.05, 0) is 56.2 Å². The van der Waals surface area contributed by atoms with E-state index in [0.29, 0.717) is 22.8 Å². The largest absolute Gasteiger partial charge is 0.454 e. The fourth-order valence-electron chi connectivity index (χ4n) is 4.69. The van der Waals surface area contributed by atoms with Gasteiger partial charge in [0.15, 0.2) is 11.5 Å². The van der Waals surface area contributed by atoms with Crippen LogP contribution in [-0.4, -0.2) is 66.5 Å². The van der Waals surface area contributed by atoms with Crippen molar-refractivity contribution in [2.45, 2.75) is 25.4 Å². The Balaban J connectivity index is 1.47. The van der Waals surface area contributed by atoms with Crippen LogP contribution in [-0.2, 0) is 16.1 Å². The summed E-state index contributed by atoms with van der Waals surface area (Å²) in [6.07, 6.45) is 1.92. The molecule has 5 rings (SSSR count). The van der Waals surface area contributed by atoms with Gasteiger partial charge in [0.2, 0.25) is 6.79 Å². The van der Waals surface area contributed by atoms with Gasteiger partial charge >= 0.3 is 0 Å². The van der Waals surface area contributed by atoms with Crippen LogP contribution in [0.3, 0.4) is 0 Å². The smallest absolute Gasteiger partial charge is 0.278 e. The van der Waals surface area contributed by atoms with Crippen LogP contribution in [0.4, 0.5) is 0 Å². The SMILES string of the molecule is CN1CCC(N(C)C2=C(c3ccccc3)C(=O)N(Cc3ccc4c(c3)OCO4)C2=O)CC1. The Hall–Kier alpha value is -3.32. The summed E-state index contributed by atoms with van der Waals surface area (Å²) in [5.74, 6) is 0.821. The van der Waals surface area contributed by atoms with Gasteiger partial charge in [0.05, 0.1) is 12.1 Å². The third-order valence-corrected chi connectivity index (χ3v) is 6.57. The first-order chi connectivity index (χ1) is 15.5. The summed E-state index contributed by atoms with van der Waals surface area (Å²) in [4.78, 5) is 32.9. The van der Waals surface area contributed by atoms with Crippen LogP contribution < -0.4 is 9.47 Å². The number of hydrogen-bond donors (Lipinski definition) is 0. The molecule has 0 N–H and O–H groups in total. The standard InChI is InChI=1S/C25H27N3O4/c1-26-12-10-19(11-13-26)27(2)23-22(18-6-4-3-5-7-18)24(29)28(25(23)30)15-17-8-9-20-21(14-17)32-16-31-20/h3-9,14,19H,10-13,15-16H2,1-2H3. The average molecular weight is 434 g/mol. The van der Waals surface area contributed by atoms with Crippen molar-refractivity contribution >= 4 is 17.4 Å². The van der Waals surface area contributed by atoms with Gasteiger partial charge in [0.25, 0.3) is 11.8 Å². The molecule has 166 valence electrons. The molecule has 0 unspecified atom stereocenters. The van der Waals surface area contributed by atoms with Crippen molar-refractivity contribution < 1.29 is 19.1 Å². The number of piperidine rings is 1. The third kappa shape index (κ3) is 3.62. The molecule has 0 atom stereocenters. The summed E-state index contributed by atoms with van der Waals surface area (Å²) in [7, 11) is 4.06. The maximum Gasteiger partial charge on any atom is 0.278 e. The lowest BCUT2D eigenvalue weighted by atomic mass is 10.0. The number of carbonyl (C=O) groups is 2. The van der Waals surface area contributed by atoms with Crippen LogP contribution >= 0.6 is 0 Å². The van der Waals surface area contributed by atoms with Crippen molar-refractivity contribution in [1.29, 1.82) is 0 Å². The highest BCUT2D eigenvalue weighted by molar-refractivity contribution is 6.35. The maximum absolute atomic E-state index is 13.6. The first-order valence-corrected chi connectivity index (χ1v) is 11.0. The molecule has 0 radical (unpaired) electrons. The average Bonchev–Trinajstić information content (AvgIpc) is 3.37. The number of nitrogens with zero attached hydrogens (tertiary/aromatic N) is 3. The lowest BCUT2D eigenvalue weighted by molar-refractivity contribution is -0.138. The second-order valence-electron chi connectivity index (χ2n) is 8.62. The van der Waals surface area contributed by atoms with Gasteiger partial charge in [0, 0.05) is 13.1 Å². The van der Waals surface area contributed by atoms with Crippen molar-refractivity contribution in [2.75, 3.05) is 34.0 Å². The lowest BCUT2D eigenvalue weighted by Crippen LogP contribution is -2.43. The molecular formula is C25H27N3O4. The quantitative estimate of drug-likeness (QED) is 0.676. The second-order valence-corrected chi connectivity index (χ2v) is 8.62. The molecule has 2 aromatic rings. The molecule has 3 heterocycles. The Bertz CT molecular complexity index is 1070. The fraction of sp³-hybridized carbons (Fsp3) is 0.360. The third-order valence-electron chi connectivity index (χ3n) is 6.57. The van der Waals surface area contributed by atoms with Crippen LogP contribution in [0.1, 0.15) is 24.0 Å². The topological polar surface area (TPSA) is 62.3 Å². The van der Waals surface area contributed by atoms with Crippen LogP contribution in [0.25, 0.3) is 5.57 Å². The van der Waals surface area contributed by atoms with Crippen LogP contribution in [0.15, 0.2) is 54.2 Å². The van der Waals surface area contributed by atoms with Crippen molar-refractivity contribution in [3.05, 3.63) is 65.4 Å². The van der Waals surface area contributed by atoms with E-state index in [4.69, 9.17) is 9.47 Å². The predicted molar refractivity (Wildman–Crippen MR) is 120 cm³/mol. The molecule has 32 heavy (non-hydrogen) atoms. The Morgan fingerprint density at radius 3 is 2.44 bits per heavy atom. The van der Waals surface area contributed by atoms with Gasteiger partial charge in [-0.25, -0.2) is 0 Å². The van der Waals surface area contributed by atoms with E-state index in [2.05, 4.69) is 11.9 Å². The number of ether oxygens (including phenoxy) is 2.